The number of hydrogen-bond acceptors (Lipinski definition) is 8. The summed E-state index contributed by atoms with van der Waals surface area (Å²) in [5, 5.41) is 3.45. The van der Waals surface area contributed by atoms with Crippen molar-refractivity contribution >= 4 is 5.82 Å². The number of ether oxygens (including phenoxy) is 2. The van der Waals surface area contributed by atoms with Crippen molar-refractivity contribution in [3.63, 3.8) is 0 Å². The average Bonchev–Trinajstić information content (AvgIpc) is 3.55. The molecule has 2 saturated heterocycles. The quantitative estimate of drug-likeness (QED) is 0.667. The van der Waals surface area contributed by atoms with Gasteiger partial charge in [0, 0.05) is 50.9 Å². The van der Waals surface area contributed by atoms with Crippen LogP contribution < -0.4 is 19.7 Å². The van der Waals surface area contributed by atoms with Crippen LogP contribution in [-0.4, -0.2) is 79.8 Å². The minimum Gasteiger partial charge on any atom is -0.497 e. The number of aromatic nitrogens is 2. The first kappa shape index (κ1) is 28.2. The summed E-state index contributed by atoms with van der Waals surface area (Å²) in [5.41, 5.74) is 4.86. The molecule has 0 bridgehead atoms. The molecule has 8 nitrogen and oxygen atoms in total. The molecule has 200 valence electrons. The van der Waals surface area contributed by atoms with E-state index in [2.05, 4.69) is 58.0 Å². The summed E-state index contributed by atoms with van der Waals surface area (Å²) in [6, 6.07) is 7.11. The van der Waals surface area contributed by atoms with E-state index in [0.29, 0.717) is 12.1 Å². The first-order valence-electron chi connectivity index (χ1n) is 13.4. The highest BCUT2D eigenvalue weighted by Gasteiger charge is 2.30. The Kier molecular flexibility index (Phi) is 10.8. The number of benzene rings is 1. The third-order valence-corrected chi connectivity index (χ3v) is 7.04. The lowest BCUT2D eigenvalue weighted by Gasteiger charge is -2.36. The van der Waals surface area contributed by atoms with E-state index in [9.17, 15) is 0 Å². The molecule has 0 saturated carbocycles. The van der Waals surface area contributed by atoms with Crippen LogP contribution in [0.2, 0.25) is 0 Å². The zero-order valence-corrected chi connectivity index (χ0v) is 23.4. The topological polar surface area (TPSA) is 66.0 Å². The Balaban J connectivity index is 0.000000390. The summed E-state index contributed by atoms with van der Waals surface area (Å²) in [4.78, 5) is 16.6. The van der Waals surface area contributed by atoms with Gasteiger partial charge in [0.05, 0.1) is 19.9 Å². The van der Waals surface area contributed by atoms with Gasteiger partial charge in [-0.25, -0.2) is 0 Å². The highest BCUT2D eigenvalue weighted by atomic mass is 16.5. The van der Waals surface area contributed by atoms with E-state index < -0.39 is 0 Å². The minimum absolute atomic E-state index is 0.395. The Hall–Kier alpha value is -2.42. The molecule has 1 aromatic carbocycles. The van der Waals surface area contributed by atoms with Crippen LogP contribution >= 0.6 is 0 Å². The molecule has 36 heavy (non-hydrogen) atoms. The van der Waals surface area contributed by atoms with Gasteiger partial charge in [-0.1, -0.05) is 19.9 Å². The first-order valence-corrected chi connectivity index (χ1v) is 13.4. The maximum atomic E-state index is 5.41. The SMILES string of the molecule is CC.CN1CCCC1.COc1ccc(C)c(CN2Cc3nc(OC)nc(N4CCNCC4C)c3C2)c1. The van der Waals surface area contributed by atoms with Gasteiger partial charge in [0.2, 0.25) is 0 Å². The van der Waals surface area contributed by atoms with E-state index in [-0.39, 0.29) is 0 Å². The van der Waals surface area contributed by atoms with Gasteiger partial charge in [0.15, 0.2) is 0 Å². The number of likely N-dealkylation sites (tertiary alicyclic amines) is 1. The molecule has 1 unspecified atom stereocenters. The maximum Gasteiger partial charge on any atom is 0.318 e. The van der Waals surface area contributed by atoms with Crippen molar-refractivity contribution in [2.24, 2.45) is 0 Å². The van der Waals surface area contributed by atoms with Gasteiger partial charge in [0.25, 0.3) is 0 Å². The third-order valence-electron chi connectivity index (χ3n) is 7.04. The summed E-state index contributed by atoms with van der Waals surface area (Å²) >= 11 is 0. The van der Waals surface area contributed by atoms with Gasteiger partial charge in [-0.05, 0) is 70.1 Å². The van der Waals surface area contributed by atoms with Crippen LogP contribution in [0.3, 0.4) is 0 Å². The van der Waals surface area contributed by atoms with Crippen molar-refractivity contribution in [3.8, 4) is 11.8 Å². The van der Waals surface area contributed by atoms with Gasteiger partial charge in [-0.15, -0.1) is 0 Å². The van der Waals surface area contributed by atoms with Crippen molar-refractivity contribution in [2.45, 2.75) is 66.2 Å². The number of methoxy groups -OCH3 is 2. The fourth-order valence-electron chi connectivity index (χ4n) is 4.94. The lowest BCUT2D eigenvalue weighted by molar-refractivity contribution is 0.272. The molecular weight excluding hydrogens is 452 g/mol. The standard InChI is InChI=1S/C21H29N5O2.C5H11N.C2H6/c1-14-5-6-17(27-3)9-16(14)11-25-12-18-19(13-25)23-21(28-4)24-20(18)26-8-7-22-10-15(26)2;1-6-4-2-3-5-6;1-2/h5-6,9,15,22H,7-8,10-13H2,1-4H3;2-5H2,1H3;1-2H3. The zero-order chi connectivity index (χ0) is 26.1. The number of hydrogen-bond donors (Lipinski definition) is 1. The molecule has 3 aliphatic heterocycles. The van der Waals surface area contributed by atoms with E-state index in [1.54, 1.807) is 14.2 Å². The molecule has 0 spiro atoms. The van der Waals surface area contributed by atoms with E-state index in [1.807, 2.05) is 19.9 Å². The Bertz CT molecular complexity index is 963. The lowest BCUT2D eigenvalue weighted by atomic mass is 10.1. The van der Waals surface area contributed by atoms with Crippen molar-refractivity contribution < 1.29 is 9.47 Å². The highest BCUT2D eigenvalue weighted by Crippen LogP contribution is 2.33. The smallest absolute Gasteiger partial charge is 0.318 e. The molecule has 8 heteroatoms. The summed E-state index contributed by atoms with van der Waals surface area (Å²) in [5.74, 6) is 1.93. The number of aryl methyl sites for hydroxylation is 1. The average molecular weight is 499 g/mol. The molecule has 0 amide bonds. The van der Waals surface area contributed by atoms with Crippen molar-refractivity contribution in [2.75, 3.05) is 58.9 Å². The number of fused-ring (bicyclic) bond motifs is 1. The Labute approximate surface area is 218 Å². The van der Waals surface area contributed by atoms with Crippen LogP contribution in [0.4, 0.5) is 5.82 Å². The second-order valence-corrected chi connectivity index (χ2v) is 9.65. The van der Waals surface area contributed by atoms with Gasteiger partial charge in [0.1, 0.15) is 11.6 Å². The first-order chi connectivity index (χ1) is 17.5. The maximum absolute atomic E-state index is 5.41. The second kappa shape index (κ2) is 13.8. The largest absolute Gasteiger partial charge is 0.497 e. The van der Waals surface area contributed by atoms with Crippen LogP contribution in [0, 0.1) is 6.92 Å². The van der Waals surface area contributed by atoms with E-state index in [1.165, 1.54) is 42.6 Å². The third kappa shape index (κ3) is 7.08. The molecule has 1 aromatic heterocycles. The molecule has 0 radical (unpaired) electrons. The van der Waals surface area contributed by atoms with Gasteiger partial charge in [-0.2, -0.15) is 9.97 Å². The van der Waals surface area contributed by atoms with Crippen molar-refractivity contribution in [3.05, 3.63) is 40.6 Å². The molecule has 5 rings (SSSR count). The van der Waals surface area contributed by atoms with E-state index in [4.69, 9.17) is 14.5 Å². The molecule has 2 fully saturated rings. The number of anilines is 1. The van der Waals surface area contributed by atoms with Crippen LogP contribution in [0.5, 0.6) is 11.8 Å². The van der Waals surface area contributed by atoms with Crippen LogP contribution in [0.25, 0.3) is 0 Å². The molecule has 0 aliphatic carbocycles. The van der Waals surface area contributed by atoms with Crippen molar-refractivity contribution in [1.29, 1.82) is 0 Å². The summed E-state index contributed by atoms with van der Waals surface area (Å²) in [6.07, 6.45) is 2.83. The summed E-state index contributed by atoms with van der Waals surface area (Å²) < 4.78 is 10.8. The van der Waals surface area contributed by atoms with Gasteiger partial charge in [-0.3, -0.25) is 4.90 Å². The number of rotatable bonds is 5. The molecule has 2 aromatic rings. The Morgan fingerprint density at radius 3 is 2.39 bits per heavy atom. The molecule has 1 N–H and O–H groups in total. The summed E-state index contributed by atoms with van der Waals surface area (Å²) in [6.45, 7) is 16.4. The molecule has 3 aliphatic rings. The predicted octanol–water partition coefficient (Wildman–Crippen LogP) is 3.85. The number of piperazine rings is 1. The van der Waals surface area contributed by atoms with Gasteiger partial charge >= 0.3 is 6.01 Å². The zero-order valence-electron chi connectivity index (χ0n) is 23.4. The van der Waals surface area contributed by atoms with Gasteiger partial charge < -0.3 is 24.6 Å². The minimum atomic E-state index is 0.395. The fourth-order valence-corrected chi connectivity index (χ4v) is 4.94. The number of nitrogens with one attached hydrogen (secondary N) is 1. The van der Waals surface area contributed by atoms with E-state index in [0.717, 1.165) is 56.5 Å². The number of nitrogens with zero attached hydrogens (tertiary/aromatic N) is 5. The van der Waals surface area contributed by atoms with Crippen molar-refractivity contribution in [1.82, 2.24) is 25.1 Å². The Morgan fingerprint density at radius 2 is 1.78 bits per heavy atom. The van der Waals surface area contributed by atoms with Crippen LogP contribution in [0.1, 0.15) is 56.0 Å². The molecule has 1 atom stereocenters. The lowest BCUT2D eigenvalue weighted by Crippen LogP contribution is -2.50. The van der Waals surface area contributed by atoms with Crippen LogP contribution in [-0.2, 0) is 19.6 Å². The summed E-state index contributed by atoms with van der Waals surface area (Å²) in [7, 11) is 5.52. The second-order valence-electron chi connectivity index (χ2n) is 9.65. The normalized spacial score (nSPS) is 19.6. The highest BCUT2D eigenvalue weighted by molar-refractivity contribution is 5.53. The Morgan fingerprint density at radius 1 is 1.03 bits per heavy atom. The fraction of sp³-hybridized carbons (Fsp3) is 0.643. The molecule has 4 heterocycles. The molecular formula is C28H46N6O2. The van der Waals surface area contributed by atoms with E-state index >= 15 is 0 Å². The predicted molar refractivity (Wildman–Crippen MR) is 147 cm³/mol. The van der Waals surface area contributed by atoms with Crippen LogP contribution in [0.15, 0.2) is 18.2 Å². The monoisotopic (exact) mass is 498 g/mol.